The van der Waals surface area contributed by atoms with Gasteiger partial charge in [0, 0.05) is 17.2 Å². The number of hydrogen-bond donors (Lipinski definition) is 0. The van der Waals surface area contributed by atoms with E-state index >= 15 is 0 Å². The summed E-state index contributed by atoms with van der Waals surface area (Å²) < 4.78 is 18.8. The number of ether oxygens (including phenoxy) is 2. The van der Waals surface area contributed by atoms with Crippen LogP contribution in [0.4, 0.5) is 0 Å². The number of nitriles is 1. The summed E-state index contributed by atoms with van der Waals surface area (Å²) in [7, 11) is 0. The van der Waals surface area contributed by atoms with Gasteiger partial charge in [0.25, 0.3) is 0 Å². The molecule has 2 aromatic carbocycles. The number of nitrogens with zero attached hydrogens (tertiary/aromatic N) is 3. The van der Waals surface area contributed by atoms with E-state index in [2.05, 4.69) is 11.2 Å². The molecule has 2 heterocycles. The van der Waals surface area contributed by atoms with Gasteiger partial charge in [-0.05, 0) is 37.3 Å². The lowest BCUT2D eigenvalue weighted by atomic mass is 10.1. The first-order valence-electron chi connectivity index (χ1n) is 9.75. The van der Waals surface area contributed by atoms with Crippen LogP contribution in [0.15, 0.2) is 77.4 Å². The Hall–Kier alpha value is -3.98. The maximum absolute atomic E-state index is 9.50. The van der Waals surface area contributed by atoms with E-state index in [0.717, 1.165) is 16.8 Å². The third-order valence-electron chi connectivity index (χ3n) is 4.57. The minimum absolute atomic E-state index is 0.352. The first-order valence-corrected chi connectivity index (χ1v) is 9.75. The van der Waals surface area contributed by atoms with Gasteiger partial charge >= 0.3 is 0 Å². The smallest absolute Gasteiger partial charge is 0.212 e. The second-order valence-electron chi connectivity index (χ2n) is 6.54. The normalized spacial score (nSPS) is 10.5. The zero-order chi connectivity index (χ0) is 20.8. The van der Waals surface area contributed by atoms with Gasteiger partial charge in [-0.1, -0.05) is 30.3 Å². The molecule has 0 radical (unpaired) electrons. The Balaban J connectivity index is 1.48. The molecule has 150 valence electrons. The second-order valence-corrected chi connectivity index (χ2v) is 6.54. The van der Waals surface area contributed by atoms with Crippen molar-refractivity contribution in [2.24, 2.45) is 0 Å². The number of aromatic nitrogens is 2. The van der Waals surface area contributed by atoms with Crippen molar-refractivity contribution in [2.45, 2.75) is 13.5 Å². The van der Waals surface area contributed by atoms with Gasteiger partial charge in [-0.2, -0.15) is 10.4 Å². The molecular formula is C24H21N3O3. The number of furan rings is 1. The summed E-state index contributed by atoms with van der Waals surface area (Å²) in [4.78, 5) is 0. The molecule has 2 aromatic heterocycles. The molecule has 4 aromatic rings. The minimum Gasteiger partial charge on any atom is -0.490 e. The van der Waals surface area contributed by atoms with Gasteiger partial charge in [0.15, 0.2) is 0 Å². The number of benzene rings is 2. The van der Waals surface area contributed by atoms with E-state index in [0.29, 0.717) is 42.7 Å². The lowest BCUT2D eigenvalue weighted by Gasteiger charge is -2.11. The van der Waals surface area contributed by atoms with E-state index in [4.69, 9.17) is 13.9 Å². The summed E-state index contributed by atoms with van der Waals surface area (Å²) in [6, 6.07) is 23.2. The van der Waals surface area contributed by atoms with Crippen LogP contribution in [0.2, 0.25) is 0 Å². The predicted octanol–water partition coefficient (Wildman–Crippen LogP) is 5.16. The van der Waals surface area contributed by atoms with Gasteiger partial charge in [0.2, 0.25) is 5.88 Å². The van der Waals surface area contributed by atoms with E-state index in [9.17, 15) is 5.26 Å². The lowest BCUT2D eigenvalue weighted by Crippen LogP contribution is -2.12. The highest BCUT2D eigenvalue weighted by Gasteiger charge is 2.12. The lowest BCUT2D eigenvalue weighted by molar-refractivity contribution is 0.259. The first kappa shape index (κ1) is 19.3. The molecule has 4 rings (SSSR count). The Bertz CT molecular complexity index is 1140. The van der Waals surface area contributed by atoms with Crippen molar-refractivity contribution < 1.29 is 13.9 Å². The molecule has 0 aliphatic heterocycles. The van der Waals surface area contributed by atoms with Crippen LogP contribution >= 0.6 is 0 Å². The Kier molecular flexibility index (Phi) is 5.81. The molecule has 0 fully saturated rings. The number of rotatable bonds is 8. The van der Waals surface area contributed by atoms with Crippen molar-refractivity contribution in [1.29, 1.82) is 5.26 Å². The van der Waals surface area contributed by atoms with Gasteiger partial charge in [-0.3, -0.25) is 0 Å². The molecular weight excluding hydrogens is 378 g/mol. The zero-order valence-electron chi connectivity index (χ0n) is 16.6. The molecule has 0 aliphatic rings. The third kappa shape index (κ3) is 4.20. The van der Waals surface area contributed by atoms with Crippen molar-refractivity contribution in [3.05, 3.63) is 78.6 Å². The SMILES string of the molecule is CCOc1cc(-c2ccccc2)nn1CCOc1ccc(-c2ccco2)cc1C#N. The van der Waals surface area contributed by atoms with Crippen molar-refractivity contribution >= 4 is 0 Å². The largest absolute Gasteiger partial charge is 0.490 e. The van der Waals surface area contributed by atoms with Crippen LogP contribution in [0.5, 0.6) is 11.6 Å². The standard InChI is InChI=1S/C24H21N3O3/c1-2-28-24-16-21(18-7-4-3-5-8-18)26-27(24)12-14-30-23-11-10-19(15-20(23)17-25)22-9-6-13-29-22/h3-11,13,15-16H,2,12,14H2,1H3. The van der Waals surface area contributed by atoms with Gasteiger partial charge < -0.3 is 13.9 Å². The third-order valence-corrected chi connectivity index (χ3v) is 4.57. The Labute approximate surface area is 174 Å². The van der Waals surface area contributed by atoms with Gasteiger partial charge in [-0.15, -0.1) is 0 Å². The van der Waals surface area contributed by atoms with E-state index < -0.39 is 0 Å². The van der Waals surface area contributed by atoms with Gasteiger partial charge in [-0.25, -0.2) is 4.68 Å². The van der Waals surface area contributed by atoms with Crippen molar-refractivity contribution in [3.8, 4) is 40.3 Å². The topological polar surface area (TPSA) is 73.2 Å². The summed E-state index contributed by atoms with van der Waals surface area (Å²) in [5.74, 6) is 1.93. The molecule has 0 amide bonds. The fourth-order valence-corrected chi connectivity index (χ4v) is 3.16. The Morgan fingerprint density at radius 3 is 2.60 bits per heavy atom. The Morgan fingerprint density at radius 1 is 1.00 bits per heavy atom. The van der Waals surface area contributed by atoms with Gasteiger partial charge in [0.05, 0.1) is 30.7 Å². The monoisotopic (exact) mass is 399 g/mol. The van der Waals surface area contributed by atoms with Gasteiger partial charge in [0.1, 0.15) is 24.2 Å². The van der Waals surface area contributed by atoms with E-state index in [1.54, 1.807) is 23.1 Å². The summed E-state index contributed by atoms with van der Waals surface area (Å²) in [6.45, 7) is 3.33. The minimum atomic E-state index is 0.352. The highest BCUT2D eigenvalue weighted by molar-refractivity contribution is 5.63. The molecule has 0 saturated heterocycles. The maximum Gasteiger partial charge on any atom is 0.212 e. The predicted molar refractivity (Wildman–Crippen MR) is 113 cm³/mol. The van der Waals surface area contributed by atoms with Crippen molar-refractivity contribution in [1.82, 2.24) is 9.78 Å². The average molecular weight is 399 g/mol. The molecule has 0 bridgehead atoms. The Morgan fingerprint density at radius 2 is 1.87 bits per heavy atom. The zero-order valence-corrected chi connectivity index (χ0v) is 16.6. The molecule has 6 nitrogen and oxygen atoms in total. The summed E-state index contributed by atoms with van der Waals surface area (Å²) >= 11 is 0. The van der Waals surface area contributed by atoms with Crippen LogP contribution in [-0.4, -0.2) is 23.0 Å². The van der Waals surface area contributed by atoms with Crippen molar-refractivity contribution in [3.63, 3.8) is 0 Å². The molecule has 0 unspecified atom stereocenters. The van der Waals surface area contributed by atoms with E-state index in [1.807, 2.05) is 61.5 Å². The number of hydrogen-bond acceptors (Lipinski definition) is 5. The van der Waals surface area contributed by atoms with Crippen LogP contribution in [0, 0.1) is 11.3 Å². The van der Waals surface area contributed by atoms with Crippen LogP contribution < -0.4 is 9.47 Å². The molecule has 0 N–H and O–H groups in total. The van der Waals surface area contributed by atoms with Crippen molar-refractivity contribution in [2.75, 3.05) is 13.2 Å². The summed E-state index contributed by atoms with van der Waals surface area (Å²) in [5.41, 5.74) is 3.17. The highest BCUT2D eigenvalue weighted by atomic mass is 16.5. The first-order chi connectivity index (χ1) is 14.8. The summed E-state index contributed by atoms with van der Waals surface area (Å²) in [5, 5.41) is 14.2. The molecule has 0 spiro atoms. The fraction of sp³-hybridized carbons (Fsp3) is 0.167. The molecule has 0 saturated carbocycles. The molecule has 6 heteroatoms. The second kappa shape index (κ2) is 9.01. The molecule has 30 heavy (non-hydrogen) atoms. The quantitative estimate of drug-likeness (QED) is 0.409. The fourth-order valence-electron chi connectivity index (χ4n) is 3.16. The average Bonchev–Trinajstić information content (AvgIpc) is 3.46. The van der Waals surface area contributed by atoms with Crippen LogP contribution in [0.1, 0.15) is 12.5 Å². The van der Waals surface area contributed by atoms with E-state index in [1.165, 1.54) is 0 Å². The highest BCUT2D eigenvalue weighted by Crippen LogP contribution is 2.27. The van der Waals surface area contributed by atoms with E-state index in [-0.39, 0.29) is 0 Å². The molecule has 0 aliphatic carbocycles. The summed E-state index contributed by atoms with van der Waals surface area (Å²) in [6.07, 6.45) is 1.61. The maximum atomic E-state index is 9.50. The van der Waals surface area contributed by atoms with Crippen LogP contribution in [-0.2, 0) is 6.54 Å². The molecule has 0 atom stereocenters. The van der Waals surface area contributed by atoms with Crippen LogP contribution in [0.25, 0.3) is 22.6 Å². The van der Waals surface area contributed by atoms with Crippen LogP contribution in [0.3, 0.4) is 0 Å².